The summed E-state index contributed by atoms with van der Waals surface area (Å²) in [5, 5.41) is 3.27. The van der Waals surface area contributed by atoms with E-state index in [1.807, 2.05) is 39.0 Å². The number of nitrogens with one attached hydrogen (secondary N) is 1. The zero-order valence-corrected chi connectivity index (χ0v) is 13.2. The largest absolute Gasteiger partial charge is 0.493 e. The summed E-state index contributed by atoms with van der Waals surface area (Å²) in [5.41, 5.74) is 2.75. The number of para-hydroxylation sites is 1. The first kappa shape index (κ1) is 15.1. The van der Waals surface area contributed by atoms with Gasteiger partial charge < -0.3 is 14.8 Å². The van der Waals surface area contributed by atoms with Gasteiger partial charge in [0.05, 0.1) is 19.9 Å². The minimum atomic E-state index is 0.684. The van der Waals surface area contributed by atoms with Gasteiger partial charge >= 0.3 is 0 Å². The molecule has 0 radical (unpaired) electrons. The van der Waals surface area contributed by atoms with Crippen molar-refractivity contribution in [3.05, 3.63) is 29.6 Å². The van der Waals surface area contributed by atoms with E-state index in [9.17, 15) is 0 Å². The number of ether oxygens (including phenoxy) is 2. The van der Waals surface area contributed by atoms with E-state index in [0.717, 1.165) is 35.0 Å². The third-order valence-corrected chi connectivity index (χ3v) is 3.26. The molecule has 0 fully saturated rings. The highest BCUT2D eigenvalue weighted by Gasteiger charge is 2.17. The lowest BCUT2D eigenvalue weighted by Crippen LogP contribution is -2.06. The number of methoxy groups -OCH3 is 2. The molecule has 5 nitrogen and oxygen atoms in total. The highest BCUT2D eigenvalue weighted by Crippen LogP contribution is 2.39. The Kier molecular flexibility index (Phi) is 4.62. The first-order valence-electron chi connectivity index (χ1n) is 6.92. The molecular formula is C16H21N3O2. The maximum atomic E-state index is 5.51. The van der Waals surface area contributed by atoms with Gasteiger partial charge in [-0.25, -0.2) is 9.97 Å². The lowest BCUT2D eigenvalue weighted by atomic mass is 10.1. The van der Waals surface area contributed by atoms with Gasteiger partial charge in [0.15, 0.2) is 11.5 Å². The molecule has 0 saturated heterocycles. The molecule has 112 valence electrons. The van der Waals surface area contributed by atoms with Crippen LogP contribution in [0.1, 0.15) is 18.3 Å². The topological polar surface area (TPSA) is 56.3 Å². The van der Waals surface area contributed by atoms with E-state index in [4.69, 9.17) is 9.47 Å². The minimum Gasteiger partial charge on any atom is -0.493 e. The Balaban J connectivity index is 2.67. The summed E-state index contributed by atoms with van der Waals surface area (Å²) < 4.78 is 10.9. The molecule has 0 aliphatic heterocycles. The van der Waals surface area contributed by atoms with E-state index in [0.29, 0.717) is 11.5 Å². The predicted octanol–water partition coefficient (Wildman–Crippen LogP) is 3.21. The van der Waals surface area contributed by atoms with Crippen molar-refractivity contribution in [3.8, 4) is 22.8 Å². The number of anilines is 1. The number of benzene rings is 1. The molecule has 0 aliphatic rings. The summed E-state index contributed by atoms with van der Waals surface area (Å²) in [4.78, 5) is 9.04. The summed E-state index contributed by atoms with van der Waals surface area (Å²) in [6.45, 7) is 6.75. The summed E-state index contributed by atoms with van der Waals surface area (Å²) in [7, 11) is 3.26. The highest BCUT2D eigenvalue weighted by molar-refractivity contribution is 5.76. The van der Waals surface area contributed by atoms with Crippen LogP contribution in [-0.2, 0) is 0 Å². The Bertz CT molecular complexity index is 642. The van der Waals surface area contributed by atoms with Gasteiger partial charge in [0.2, 0.25) is 0 Å². The summed E-state index contributed by atoms with van der Waals surface area (Å²) in [5.74, 6) is 2.95. The van der Waals surface area contributed by atoms with E-state index in [1.54, 1.807) is 14.2 Å². The van der Waals surface area contributed by atoms with Crippen LogP contribution in [0.15, 0.2) is 18.2 Å². The molecule has 0 aliphatic carbocycles. The molecule has 5 heteroatoms. The second-order valence-electron chi connectivity index (χ2n) is 4.66. The highest BCUT2D eigenvalue weighted by atomic mass is 16.5. The van der Waals surface area contributed by atoms with Crippen molar-refractivity contribution < 1.29 is 9.47 Å². The van der Waals surface area contributed by atoms with Crippen molar-refractivity contribution in [1.29, 1.82) is 0 Å². The lowest BCUT2D eigenvalue weighted by molar-refractivity contribution is 0.356. The van der Waals surface area contributed by atoms with E-state index in [-0.39, 0.29) is 0 Å². The fourth-order valence-electron chi connectivity index (χ4n) is 2.30. The molecule has 1 aromatic carbocycles. The zero-order chi connectivity index (χ0) is 15.4. The summed E-state index contributed by atoms with van der Waals surface area (Å²) in [6, 6.07) is 5.78. The Hall–Kier alpha value is -2.30. The second kappa shape index (κ2) is 6.43. The van der Waals surface area contributed by atoms with Crippen molar-refractivity contribution in [3.63, 3.8) is 0 Å². The van der Waals surface area contributed by atoms with Crippen molar-refractivity contribution in [2.45, 2.75) is 20.8 Å². The summed E-state index contributed by atoms with van der Waals surface area (Å²) in [6.07, 6.45) is 0. The van der Waals surface area contributed by atoms with Crippen LogP contribution in [0.2, 0.25) is 0 Å². The lowest BCUT2D eigenvalue weighted by Gasteiger charge is -2.16. The monoisotopic (exact) mass is 287 g/mol. The molecule has 1 aromatic heterocycles. The van der Waals surface area contributed by atoms with Crippen LogP contribution in [0.25, 0.3) is 11.3 Å². The third-order valence-electron chi connectivity index (χ3n) is 3.26. The predicted molar refractivity (Wildman–Crippen MR) is 84.2 cm³/mol. The van der Waals surface area contributed by atoms with E-state index in [1.165, 1.54) is 0 Å². The Morgan fingerprint density at radius 2 is 1.86 bits per heavy atom. The zero-order valence-electron chi connectivity index (χ0n) is 13.2. The Morgan fingerprint density at radius 3 is 2.48 bits per heavy atom. The number of aromatic nitrogens is 2. The first-order chi connectivity index (χ1) is 10.1. The number of nitrogens with zero attached hydrogens (tertiary/aromatic N) is 2. The maximum absolute atomic E-state index is 5.51. The van der Waals surface area contributed by atoms with Crippen LogP contribution in [0.5, 0.6) is 11.5 Å². The van der Waals surface area contributed by atoms with Gasteiger partial charge in [-0.05, 0) is 32.9 Å². The van der Waals surface area contributed by atoms with Crippen LogP contribution >= 0.6 is 0 Å². The van der Waals surface area contributed by atoms with Crippen LogP contribution in [0.3, 0.4) is 0 Å². The Labute approximate surface area is 125 Å². The third kappa shape index (κ3) is 2.91. The quantitative estimate of drug-likeness (QED) is 0.915. The van der Waals surface area contributed by atoms with Crippen molar-refractivity contribution in [2.24, 2.45) is 0 Å². The van der Waals surface area contributed by atoms with E-state index >= 15 is 0 Å². The molecule has 0 atom stereocenters. The van der Waals surface area contributed by atoms with Gasteiger partial charge in [-0.1, -0.05) is 6.07 Å². The molecule has 0 spiro atoms. The average Bonchev–Trinajstić information content (AvgIpc) is 2.49. The van der Waals surface area contributed by atoms with Gasteiger partial charge in [-0.15, -0.1) is 0 Å². The minimum absolute atomic E-state index is 0.684. The van der Waals surface area contributed by atoms with Crippen molar-refractivity contribution in [1.82, 2.24) is 9.97 Å². The molecule has 0 unspecified atom stereocenters. The van der Waals surface area contributed by atoms with Gasteiger partial charge in [-0.3, -0.25) is 0 Å². The van der Waals surface area contributed by atoms with Gasteiger partial charge in [0, 0.05) is 17.7 Å². The van der Waals surface area contributed by atoms with E-state index in [2.05, 4.69) is 15.3 Å². The molecule has 21 heavy (non-hydrogen) atoms. The molecule has 1 heterocycles. The molecule has 0 saturated carbocycles. The van der Waals surface area contributed by atoms with Crippen LogP contribution < -0.4 is 14.8 Å². The molecule has 2 aromatic rings. The maximum Gasteiger partial charge on any atom is 0.170 e. The first-order valence-corrected chi connectivity index (χ1v) is 6.92. The van der Waals surface area contributed by atoms with E-state index < -0.39 is 0 Å². The molecule has 0 amide bonds. The standard InChI is InChI=1S/C16H21N3O2/c1-6-17-16-10(2)14(18-11(3)19-16)12-8-7-9-13(20-4)15(12)21-5/h7-9H,6H2,1-5H3,(H,17,18,19). The SMILES string of the molecule is CCNc1nc(C)nc(-c2cccc(OC)c2OC)c1C. The average molecular weight is 287 g/mol. The van der Waals surface area contributed by atoms with Crippen molar-refractivity contribution in [2.75, 3.05) is 26.1 Å². The van der Waals surface area contributed by atoms with Crippen LogP contribution in [-0.4, -0.2) is 30.7 Å². The normalized spacial score (nSPS) is 10.3. The Morgan fingerprint density at radius 1 is 1.10 bits per heavy atom. The number of rotatable bonds is 5. The smallest absolute Gasteiger partial charge is 0.170 e. The number of hydrogen-bond acceptors (Lipinski definition) is 5. The van der Waals surface area contributed by atoms with Crippen molar-refractivity contribution >= 4 is 5.82 Å². The fourth-order valence-corrected chi connectivity index (χ4v) is 2.30. The fraction of sp³-hybridized carbons (Fsp3) is 0.375. The molecular weight excluding hydrogens is 266 g/mol. The molecule has 0 bridgehead atoms. The van der Waals surface area contributed by atoms with Gasteiger partial charge in [0.1, 0.15) is 11.6 Å². The van der Waals surface area contributed by atoms with Crippen LogP contribution in [0.4, 0.5) is 5.82 Å². The summed E-state index contributed by atoms with van der Waals surface area (Å²) >= 11 is 0. The van der Waals surface area contributed by atoms with Crippen LogP contribution in [0, 0.1) is 13.8 Å². The molecule has 2 rings (SSSR count). The molecule has 1 N–H and O–H groups in total. The van der Waals surface area contributed by atoms with Gasteiger partial charge in [0.25, 0.3) is 0 Å². The van der Waals surface area contributed by atoms with Gasteiger partial charge in [-0.2, -0.15) is 0 Å². The second-order valence-corrected chi connectivity index (χ2v) is 4.66. The number of aryl methyl sites for hydroxylation is 1. The number of hydrogen-bond donors (Lipinski definition) is 1.